The maximum Gasteiger partial charge on any atom is 0.262 e. The highest BCUT2D eigenvalue weighted by Crippen LogP contribution is 2.25. The van der Waals surface area contributed by atoms with Crippen LogP contribution < -0.4 is 10.1 Å². The summed E-state index contributed by atoms with van der Waals surface area (Å²) in [6, 6.07) is 12.2. The molecular weight excluding hydrogens is 332 g/mol. The number of imide groups is 1. The Morgan fingerprint density at radius 3 is 2.35 bits per heavy atom. The summed E-state index contributed by atoms with van der Waals surface area (Å²) in [5.41, 5.74) is 2.28. The van der Waals surface area contributed by atoms with E-state index < -0.39 is 0 Å². The summed E-state index contributed by atoms with van der Waals surface area (Å²) in [4.78, 5) is 37.0. The summed E-state index contributed by atoms with van der Waals surface area (Å²) in [6.07, 6.45) is 0. The molecule has 1 heterocycles. The topological polar surface area (TPSA) is 75.7 Å². The predicted molar refractivity (Wildman–Crippen MR) is 97.5 cm³/mol. The smallest absolute Gasteiger partial charge is 0.262 e. The number of benzene rings is 2. The van der Waals surface area contributed by atoms with Crippen LogP contribution in [0.4, 0.5) is 5.69 Å². The van der Waals surface area contributed by atoms with E-state index in [9.17, 15) is 14.4 Å². The third kappa shape index (κ3) is 3.44. The van der Waals surface area contributed by atoms with Crippen molar-refractivity contribution < 1.29 is 19.1 Å². The van der Waals surface area contributed by atoms with Crippen molar-refractivity contribution >= 4 is 23.4 Å². The van der Waals surface area contributed by atoms with Crippen molar-refractivity contribution in [3.63, 3.8) is 0 Å². The fourth-order valence-electron chi connectivity index (χ4n) is 2.73. The zero-order valence-corrected chi connectivity index (χ0v) is 14.9. The van der Waals surface area contributed by atoms with Gasteiger partial charge in [-0.25, -0.2) is 0 Å². The van der Waals surface area contributed by atoms with Gasteiger partial charge in [-0.3, -0.25) is 19.3 Å². The third-order valence-electron chi connectivity index (χ3n) is 4.29. The van der Waals surface area contributed by atoms with Gasteiger partial charge in [0.05, 0.1) is 11.1 Å². The van der Waals surface area contributed by atoms with Crippen LogP contribution in [0.25, 0.3) is 0 Å². The molecule has 26 heavy (non-hydrogen) atoms. The number of nitrogens with one attached hydrogen (secondary N) is 1. The van der Waals surface area contributed by atoms with E-state index in [-0.39, 0.29) is 24.3 Å². The Morgan fingerprint density at radius 1 is 1.04 bits per heavy atom. The van der Waals surface area contributed by atoms with Crippen molar-refractivity contribution in [3.05, 3.63) is 59.2 Å². The lowest BCUT2D eigenvalue weighted by atomic mass is 10.0. The van der Waals surface area contributed by atoms with E-state index in [1.165, 1.54) is 18.7 Å². The van der Waals surface area contributed by atoms with Gasteiger partial charge in [0.15, 0.2) is 6.61 Å². The standard InChI is InChI=1S/C20H20N2O4/c1-12(2)13-4-7-15(8-5-13)26-11-18(23)21-14-6-9-16-17(10-14)20(25)22(3)19(16)24/h4-10,12H,11H2,1-3H3,(H,21,23). The highest BCUT2D eigenvalue weighted by molar-refractivity contribution is 6.21. The number of anilines is 1. The van der Waals surface area contributed by atoms with E-state index in [0.29, 0.717) is 28.5 Å². The van der Waals surface area contributed by atoms with Crippen LogP contribution in [-0.2, 0) is 4.79 Å². The van der Waals surface area contributed by atoms with Gasteiger partial charge in [0.25, 0.3) is 17.7 Å². The normalized spacial score (nSPS) is 13.2. The molecule has 1 aliphatic rings. The molecule has 0 unspecified atom stereocenters. The fraction of sp³-hybridized carbons (Fsp3) is 0.250. The molecule has 0 saturated heterocycles. The van der Waals surface area contributed by atoms with Crippen LogP contribution >= 0.6 is 0 Å². The number of amides is 3. The molecule has 1 N–H and O–H groups in total. The van der Waals surface area contributed by atoms with Gasteiger partial charge >= 0.3 is 0 Å². The van der Waals surface area contributed by atoms with Crippen LogP contribution in [0.15, 0.2) is 42.5 Å². The maximum absolute atomic E-state index is 12.1. The van der Waals surface area contributed by atoms with Gasteiger partial charge in [-0.15, -0.1) is 0 Å². The molecule has 0 bridgehead atoms. The monoisotopic (exact) mass is 352 g/mol. The molecule has 2 aromatic rings. The molecule has 0 aliphatic carbocycles. The zero-order valence-electron chi connectivity index (χ0n) is 14.9. The molecule has 0 aromatic heterocycles. The van der Waals surface area contributed by atoms with Crippen molar-refractivity contribution in [2.45, 2.75) is 19.8 Å². The predicted octanol–water partition coefficient (Wildman–Crippen LogP) is 3.05. The summed E-state index contributed by atoms with van der Waals surface area (Å²) >= 11 is 0. The van der Waals surface area contributed by atoms with Gasteiger partial charge in [0, 0.05) is 12.7 Å². The summed E-state index contributed by atoms with van der Waals surface area (Å²) in [5.74, 6) is -0.0108. The average molecular weight is 352 g/mol. The van der Waals surface area contributed by atoms with Crippen molar-refractivity contribution in [2.75, 3.05) is 19.0 Å². The maximum atomic E-state index is 12.1. The molecule has 3 amide bonds. The first-order chi connectivity index (χ1) is 12.4. The number of hydrogen-bond donors (Lipinski definition) is 1. The van der Waals surface area contributed by atoms with Gasteiger partial charge < -0.3 is 10.1 Å². The molecular formula is C20H20N2O4. The van der Waals surface area contributed by atoms with Gasteiger partial charge in [0.1, 0.15) is 5.75 Å². The second-order valence-corrected chi connectivity index (χ2v) is 6.49. The van der Waals surface area contributed by atoms with E-state index in [2.05, 4.69) is 19.2 Å². The third-order valence-corrected chi connectivity index (χ3v) is 4.29. The molecule has 134 valence electrons. The Balaban J connectivity index is 1.61. The minimum Gasteiger partial charge on any atom is -0.484 e. The number of nitrogens with zero attached hydrogens (tertiary/aromatic N) is 1. The zero-order chi connectivity index (χ0) is 18.8. The molecule has 6 heteroatoms. The molecule has 3 rings (SSSR count). The number of fused-ring (bicyclic) bond motifs is 1. The van der Waals surface area contributed by atoms with Crippen LogP contribution in [0.2, 0.25) is 0 Å². The Labute approximate surface area is 151 Å². The number of rotatable bonds is 5. The van der Waals surface area contributed by atoms with Gasteiger partial charge in [-0.1, -0.05) is 26.0 Å². The second kappa shape index (κ2) is 7.00. The van der Waals surface area contributed by atoms with Crippen LogP contribution in [0.3, 0.4) is 0 Å². The molecule has 0 fully saturated rings. The van der Waals surface area contributed by atoms with E-state index in [1.807, 2.05) is 24.3 Å². The molecule has 1 aliphatic heterocycles. The summed E-state index contributed by atoms with van der Waals surface area (Å²) in [7, 11) is 1.43. The Bertz CT molecular complexity index is 872. The summed E-state index contributed by atoms with van der Waals surface area (Å²) < 4.78 is 5.48. The molecule has 6 nitrogen and oxygen atoms in total. The Morgan fingerprint density at radius 2 is 1.69 bits per heavy atom. The minimum absolute atomic E-state index is 0.148. The van der Waals surface area contributed by atoms with Crippen molar-refractivity contribution in [1.82, 2.24) is 4.90 Å². The first kappa shape index (κ1) is 17.7. The quantitative estimate of drug-likeness (QED) is 0.839. The average Bonchev–Trinajstić information content (AvgIpc) is 2.84. The SMILES string of the molecule is CC(C)c1ccc(OCC(=O)Nc2ccc3c(c2)C(=O)N(C)C3=O)cc1. The lowest BCUT2D eigenvalue weighted by Gasteiger charge is -2.10. The lowest BCUT2D eigenvalue weighted by Crippen LogP contribution is -2.24. The Hall–Kier alpha value is -3.15. The number of carbonyl (C=O) groups is 3. The Kier molecular flexibility index (Phi) is 4.75. The summed E-state index contributed by atoms with van der Waals surface area (Å²) in [6.45, 7) is 4.07. The molecule has 0 radical (unpaired) electrons. The van der Waals surface area contributed by atoms with E-state index in [0.717, 1.165) is 4.90 Å². The molecule has 2 aromatic carbocycles. The molecule has 0 spiro atoms. The fourth-order valence-corrected chi connectivity index (χ4v) is 2.73. The first-order valence-corrected chi connectivity index (χ1v) is 8.36. The van der Waals surface area contributed by atoms with Crippen LogP contribution in [0.1, 0.15) is 46.0 Å². The van der Waals surface area contributed by atoms with Gasteiger partial charge in [-0.2, -0.15) is 0 Å². The highest BCUT2D eigenvalue weighted by atomic mass is 16.5. The van der Waals surface area contributed by atoms with Gasteiger partial charge in [0.2, 0.25) is 0 Å². The number of hydrogen-bond acceptors (Lipinski definition) is 4. The first-order valence-electron chi connectivity index (χ1n) is 8.36. The number of ether oxygens (including phenoxy) is 1. The van der Waals surface area contributed by atoms with E-state index in [4.69, 9.17) is 4.74 Å². The van der Waals surface area contributed by atoms with Gasteiger partial charge in [-0.05, 0) is 41.8 Å². The van der Waals surface area contributed by atoms with Crippen LogP contribution in [0, 0.1) is 0 Å². The van der Waals surface area contributed by atoms with Crippen molar-refractivity contribution in [1.29, 1.82) is 0 Å². The lowest BCUT2D eigenvalue weighted by molar-refractivity contribution is -0.118. The van der Waals surface area contributed by atoms with Crippen molar-refractivity contribution in [3.8, 4) is 5.75 Å². The molecule has 0 saturated carbocycles. The van der Waals surface area contributed by atoms with Crippen LogP contribution in [-0.4, -0.2) is 36.3 Å². The second-order valence-electron chi connectivity index (χ2n) is 6.49. The molecule has 0 atom stereocenters. The van der Waals surface area contributed by atoms with E-state index in [1.54, 1.807) is 12.1 Å². The van der Waals surface area contributed by atoms with Crippen molar-refractivity contribution in [2.24, 2.45) is 0 Å². The largest absolute Gasteiger partial charge is 0.484 e. The van der Waals surface area contributed by atoms with E-state index >= 15 is 0 Å². The number of carbonyl (C=O) groups excluding carboxylic acids is 3. The van der Waals surface area contributed by atoms with Crippen LogP contribution in [0.5, 0.6) is 5.75 Å². The summed E-state index contributed by atoms with van der Waals surface area (Å²) in [5, 5.41) is 2.68. The minimum atomic E-state index is -0.373. The highest BCUT2D eigenvalue weighted by Gasteiger charge is 2.32.